The van der Waals surface area contributed by atoms with Crippen molar-refractivity contribution >= 4 is 33.8 Å². The summed E-state index contributed by atoms with van der Waals surface area (Å²) in [5.74, 6) is 0. The molecule has 0 spiro atoms. The minimum atomic E-state index is -1.58. The summed E-state index contributed by atoms with van der Waals surface area (Å²) in [7, 11) is 3.55. The monoisotopic (exact) mass is 476 g/mol. The molecule has 0 aliphatic heterocycles. The number of nitrogens with zero attached hydrogens (tertiary/aromatic N) is 4. The molecule has 4 heterocycles. The predicted molar refractivity (Wildman–Crippen MR) is 132 cm³/mol. The van der Waals surface area contributed by atoms with E-state index in [-0.39, 0.29) is 5.56 Å². The lowest BCUT2D eigenvalue weighted by Crippen LogP contribution is -2.32. The van der Waals surface area contributed by atoms with E-state index in [0.29, 0.717) is 27.5 Å². The van der Waals surface area contributed by atoms with Gasteiger partial charge in [0.05, 0.1) is 35.6 Å². The number of hydrogen-bond donors (Lipinski definition) is 1. The first-order valence-electron chi connectivity index (χ1n) is 10.3. The number of benzene rings is 1. The second kappa shape index (κ2) is 7.95. The van der Waals surface area contributed by atoms with Gasteiger partial charge in [-0.2, -0.15) is 0 Å². The molecule has 0 aliphatic carbocycles. The molecule has 1 atom stereocenters. The van der Waals surface area contributed by atoms with E-state index in [1.807, 2.05) is 20.0 Å². The molecule has 0 aliphatic rings. The lowest BCUT2D eigenvalue weighted by Gasteiger charge is -2.29. The fourth-order valence-corrected chi connectivity index (χ4v) is 5.20. The van der Waals surface area contributed by atoms with Crippen LogP contribution in [0.5, 0.6) is 0 Å². The molecule has 6 nitrogen and oxygen atoms in total. The lowest BCUT2D eigenvalue weighted by molar-refractivity contribution is 0.113. The molecule has 8 heteroatoms. The lowest BCUT2D eigenvalue weighted by atomic mass is 9.86. The van der Waals surface area contributed by atoms with Gasteiger partial charge in [-0.3, -0.25) is 9.78 Å². The average Bonchev–Trinajstić information content (AvgIpc) is 3.44. The Hall–Kier alpha value is -3.26. The van der Waals surface area contributed by atoms with Crippen LogP contribution in [0.1, 0.15) is 22.5 Å². The molecule has 33 heavy (non-hydrogen) atoms. The van der Waals surface area contributed by atoms with E-state index in [9.17, 15) is 9.90 Å². The Morgan fingerprint density at radius 1 is 1.09 bits per heavy atom. The molecule has 0 radical (unpaired) electrons. The molecule has 1 unspecified atom stereocenters. The normalized spacial score (nSPS) is 13.4. The van der Waals surface area contributed by atoms with Crippen molar-refractivity contribution in [3.63, 3.8) is 0 Å². The van der Waals surface area contributed by atoms with Crippen LogP contribution in [-0.2, 0) is 19.7 Å². The SMILES string of the molecule is Cc1csc(-c2cc(=O)n(C)c3cnc(C(O)(c4ccc(Cl)cc4)c4cncn4C)cc23)c1. The number of pyridine rings is 2. The summed E-state index contributed by atoms with van der Waals surface area (Å²) in [6.07, 6.45) is 4.92. The number of thiophene rings is 1. The van der Waals surface area contributed by atoms with Crippen LogP contribution in [0.25, 0.3) is 21.3 Å². The number of aliphatic hydroxyl groups is 1. The molecule has 4 aromatic heterocycles. The van der Waals surface area contributed by atoms with Crippen molar-refractivity contribution in [2.45, 2.75) is 12.5 Å². The van der Waals surface area contributed by atoms with Crippen molar-refractivity contribution in [1.82, 2.24) is 19.1 Å². The number of hydrogen-bond acceptors (Lipinski definition) is 5. The summed E-state index contributed by atoms with van der Waals surface area (Å²) in [6.45, 7) is 2.03. The largest absolute Gasteiger partial charge is 0.373 e. The van der Waals surface area contributed by atoms with Crippen LogP contribution in [0.2, 0.25) is 5.02 Å². The maximum Gasteiger partial charge on any atom is 0.251 e. The third-order valence-corrected chi connectivity index (χ3v) is 7.28. The van der Waals surface area contributed by atoms with E-state index in [4.69, 9.17) is 11.6 Å². The topological polar surface area (TPSA) is 72.9 Å². The van der Waals surface area contributed by atoms with Crippen molar-refractivity contribution < 1.29 is 5.11 Å². The zero-order valence-electron chi connectivity index (χ0n) is 18.3. The van der Waals surface area contributed by atoms with Gasteiger partial charge in [0.2, 0.25) is 0 Å². The highest BCUT2D eigenvalue weighted by molar-refractivity contribution is 7.13. The molecule has 0 amide bonds. The van der Waals surface area contributed by atoms with Crippen LogP contribution in [0.15, 0.2) is 71.4 Å². The quantitative estimate of drug-likeness (QED) is 0.410. The number of imidazole rings is 1. The van der Waals surface area contributed by atoms with Crippen LogP contribution in [0, 0.1) is 6.92 Å². The van der Waals surface area contributed by atoms with Crippen LogP contribution in [-0.4, -0.2) is 24.2 Å². The van der Waals surface area contributed by atoms with Gasteiger partial charge in [0, 0.05) is 41.0 Å². The van der Waals surface area contributed by atoms with Crippen LogP contribution in [0.3, 0.4) is 0 Å². The van der Waals surface area contributed by atoms with Crippen molar-refractivity contribution in [3.05, 3.63) is 104 Å². The summed E-state index contributed by atoms with van der Waals surface area (Å²) in [5, 5.41) is 15.7. The van der Waals surface area contributed by atoms with Gasteiger partial charge in [-0.05, 0) is 47.7 Å². The summed E-state index contributed by atoms with van der Waals surface area (Å²) in [4.78, 5) is 22.5. The predicted octanol–water partition coefficient (Wildman–Crippen LogP) is 4.64. The van der Waals surface area contributed by atoms with Gasteiger partial charge in [0.15, 0.2) is 5.60 Å². The van der Waals surface area contributed by atoms with Crippen molar-refractivity contribution in [2.24, 2.45) is 14.1 Å². The van der Waals surface area contributed by atoms with Gasteiger partial charge in [-0.1, -0.05) is 23.7 Å². The van der Waals surface area contributed by atoms with E-state index in [1.165, 1.54) is 0 Å². The van der Waals surface area contributed by atoms with E-state index in [1.54, 1.807) is 76.6 Å². The Balaban J connectivity index is 1.83. The molecule has 5 rings (SSSR count). The van der Waals surface area contributed by atoms with Gasteiger partial charge in [0.25, 0.3) is 5.56 Å². The average molecular weight is 477 g/mol. The molecule has 0 fully saturated rings. The Kier molecular flexibility index (Phi) is 5.20. The smallest absolute Gasteiger partial charge is 0.251 e. The summed E-state index contributed by atoms with van der Waals surface area (Å²) < 4.78 is 3.34. The van der Waals surface area contributed by atoms with Gasteiger partial charge in [-0.15, -0.1) is 11.3 Å². The Labute approximate surface area is 199 Å². The number of aromatic nitrogens is 4. The first-order valence-corrected chi connectivity index (χ1v) is 11.6. The van der Waals surface area contributed by atoms with Crippen molar-refractivity contribution in [1.29, 1.82) is 0 Å². The van der Waals surface area contributed by atoms with Crippen LogP contribution in [0.4, 0.5) is 0 Å². The molecular formula is C25H21ClN4O2S. The van der Waals surface area contributed by atoms with Crippen LogP contribution >= 0.6 is 22.9 Å². The maximum absolute atomic E-state index is 12.7. The first-order chi connectivity index (χ1) is 15.8. The van der Waals surface area contributed by atoms with E-state index in [2.05, 4.69) is 21.4 Å². The van der Waals surface area contributed by atoms with E-state index < -0.39 is 5.60 Å². The van der Waals surface area contributed by atoms with E-state index in [0.717, 1.165) is 21.4 Å². The maximum atomic E-state index is 12.7. The van der Waals surface area contributed by atoms with Gasteiger partial charge in [0.1, 0.15) is 0 Å². The molecule has 0 saturated carbocycles. The van der Waals surface area contributed by atoms with E-state index >= 15 is 0 Å². The summed E-state index contributed by atoms with van der Waals surface area (Å²) in [5.41, 5.74) is 2.55. The summed E-state index contributed by atoms with van der Waals surface area (Å²) >= 11 is 7.70. The van der Waals surface area contributed by atoms with Crippen molar-refractivity contribution in [3.8, 4) is 10.4 Å². The van der Waals surface area contributed by atoms with Gasteiger partial charge >= 0.3 is 0 Å². The summed E-state index contributed by atoms with van der Waals surface area (Å²) in [6, 6.07) is 12.6. The third-order valence-electron chi connectivity index (χ3n) is 5.95. The number of fused-ring (bicyclic) bond motifs is 1. The number of halogens is 1. The minimum absolute atomic E-state index is 0.113. The fraction of sp³-hybridized carbons (Fsp3) is 0.160. The molecular weight excluding hydrogens is 456 g/mol. The van der Waals surface area contributed by atoms with Gasteiger partial charge < -0.3 is 14.2 Å². The zero-order chi connectivity index (χ0) is 23.3. The van der Waals surface area contributed by atoms with Crippen molar-refractivity contribution in [2.75, 3.05) is 0 Å². The molecule has 1 aromatic carbocycles. The molecule has 166 valence electrons. The second-order valence-electron chi connectivity index (χ2n) is 8.14. The highest BCUT2D eigenvalue weighted by Gasteiger charge is 2.38. The highest BCUT2D eigenvalue weighted by atomic mass is 35.5. The molecule has 0 saturated heterocycles. The third kappa shape index (κ3) is 3.49. The Morgan fingerprint density at radius 3 is 2.48 bits per heavy atom. The highest BCUT2D eigenvalue weighted by Crippen LogP contribution is 2.39. The first kappa shape index (κ1) is 21.6. The Bertz CT molecular complexity index is 1550. The fourth-order valence-electron chi connectivity index (χ4n) is 4.15. The molecule has 5 aromatic rings. The Morgan fingerprint density at radius 2 is 1.85 bits per heavy atom. The van der Waals surface area contributed by atoms with Crippen LogP contribution < -0.4 is 5.56 Å². The number of rotatable bonds is 4. The number of aryl methyl sites for hydroxylation is 3. The second-order valence-corrected chi connectivity index (χ2v) is 9.49. The minimum Gasteiger partial charge on any atom is -0.373 e. The van der Waals surface area contributed by atoms with Gasteiger partial charge in [-0.25, -0.2) is 4.98 Å². The zero-order valence-corrected chi connectivity index (χ0v) is 19.9. The molecule has 0 bridgehead atoms. The standard InChI is InChI=1S/C25H21ClN4O2S/c1-15-8-21(33-13-15)19-10-24(31)30(3)20-11-28-22(9-18(19)20)25(32,23-12-27-14-29(23)2)16-4-6-17(26)7-5-16/h4-14,32H,1-3H3. The molecule has 1 N–H and O–H groups in total.